The molecule has 0 heterocycles. The van der Waals surface area contributed by atoms with Crippen molar-refractivity contribution in [3.8, 4) is 23.0 Å². The van der Waals surface area contributed by atoms with E-state index in [2.05, 4.69) is 5.32 Å². The summed E-state index contributed by atoms with van der Waals surface area (Å²) in [6.07, 6.45) is 3.22. The molecule has 148 valence electrons. The number of rotatable bonds is 8. The zero-order valence-electron chi connectivity index (χ0n) is 14.9. The van der Waals surface area contributed by atoms with Crippen molar-refractivity contribution in [1.29, 1.82) is 0 Å². The van der Waals surface area contributed by atoms with E-state index < -0.39 is 17.9 Å². The van der Waals surface area contributed by atoms with Crippen molar-refractivity contribution >= 4 is 18.0 Å². The highest BCUT2D eigenvalue weighted by Gasteiger charge is 2.16. The molecule has 1 atom stereocenters. The average molecular weight is 387 g/mol. The second-order valence-electron chi connectivity index (χ2n) is 6.18. The smallest absolute Gasteiger partial charge is 0.303 e. The fraction of sp³-hybridized carbons (Fsp3) is 0.200. The van der Waals surface area contributed by atoms with Crippen LogP contribution in [-0.2, 0) is 9.59 Å². The number of phenols is 4. The van der Waals surface area contributed by atoms with Crippen LogP contribution in [0, 0.1) is 0 Å². The first-order valence-electron chi connectivity index (χ1n) is 8.50. The van der Waals surface area contributed by atoms with E-state index in [0.29, 0.717) is 24.0 Å². The number of carbonyl (C=O) groups is 2. The second-order valence-corrected chi connectivity index (χ2v) is 6.18. The molecule has 0 radical (unpaired) electrons. The maximum atomic E-state index is 12.3. The molecule has 0 unspecified atom stereocenters. The molecular weight excluding hydrogens is 366 g/mol. The number of aliphatic carboxylic acids is 1. The van der Waals surface area contributed by atoms with Gasteiger partial charge in [0.25, 0.3) is 0 Å². The Kier molecular flexibility index (Phi) is 6.86. The Morgan fingerprint density at radius 3 is 2.18 bits per heavy atom. The number of amides is 1. The van der Waals surface area contributed by atoms with Crippen LogP contribution < -0.4 is 5.32 Å². The summed E-state index contributed by atoms with van der Waals surface area (Å²) >= 11 is 0. The number of aromatic hydroxyl groups is 4. The van der Waals surface area contributed by atoms with E-state index in [1.807, 2.05) is 0 Å². The molecule has 0 saturated heterocycles. The number of hydrogen-bond donors (Lipinski definition) is 6. The van der Waals surface area contributed by atoms with Crippen molar-refractivity contribution in [2.45, 2.75) is 25.3 Å². The van der Waals surface area contributed by atoms with E-state index in [1.165, 1.54) is 48.6 Å². The van der Waals surface area contributed by atoms with Crippen LogP contribution in [0.2, 0.25) is 0 Å². The Morgan fingerprint density at radius 2 is 1.57 bits per heavy atom. The maximum Gasteiger partial charge on any atom is 0.303 e. The molecular formula is C20H21NO7. The molecule has 0 fully saturated rings. The molecule has 0 aromatic heterocycles. The topological polar surface area (TPSA) is 147 Å². The highest BCUT2D eigenvalue weighted by molar-refractivity contribution is 5.92. The molecule has 0 bridgehead atoms. The summed E-state index contributed by atoms with van der Waals surface area (Å²) in [7, 11) is 0. The molecule has 2 aromatic rings. The first-order valence-corrected chi connectivity index (χ1v) is 8.50. The molecule has 0 aliphatic rings. The van der Waals surface area contributed by atoms with Crippen LogP contribution in [0.4, 0.5) is 0 Å². The van der Waals surface area contributed by atoms with Crippen LogP contribution in [0.15, 0.2) is 42.5 Å². The lowest BCUT2D eigenvalue weighted by molar-refractivity contribution is -0.137. The summed E-state index contributed by atoms with van der Waals surface area (Å²) in [6.45, 7) is 0. The molecule has 0 spiro atoms. The van der Waals surface area contributed by atoms with Crippen molar-refractivity contribution in [1.82, 2.24) is 5.32 Å². The summed E-state index contributed by atoms with van der Waals surface area (Å²) in [5, 5.41) is 49.4. The van der Waals surface area contributed by atoms with E-state index >= 15 is 0 Å². The third-order valence-corrected chi connectivity index (χ3v) is 4.03. The predicted octanol–water partition coefficient (Wildman–Crippen LogP) is 2.63. The average Bonchev–Trinajstić information content (AvgIpc) is 2.64. The lowest BCUT2D eigenvalue weighted by Crippen LogP contribution is -2.27. The molecule has 2 rings (SSSR count). The van der Waals surface area contributed by atoms with Crippen molar-refractivity contribution in [2.75, 3.05) is 0 Å². The summed E-state index contributed by atoms with van der Waals surface area (Å²) in [6, 6.07) is 7.65. The minimum Gasteiger partial charge on any atom is -0.504 e. The van der Waals surface area contributed by atoms with Gasteiger partial charge in [-0.3, -0.25) is 9.59 Å². The SMILES string of the molecule is O=C(O)CCC[C@@H](NC(=O)C=Cc1ccc(O)c(O)c1)c1ccc(O)c(O)c1. The lowest BCUT2D eigenvalue weighted by Gasteiger charge is -2.18. The monoisotopic (exact) mass is 387 g/mol. The van der Waals surface area contributed by atoms with E-state index in [-0.39, 0.29) is 29.4 Å². The van der Waals surface area contributed by atoms with Gasteiger partial charge in [-0.1, -0.05) is 12.1 Å². The lowest BCUT2D eigenvalue weighted by atomic mass is 10.00. The van der Waals surface area contributed by atoms with Gasteiger partial charge in [0.1, 0.15) is 0 Å². The zero-order chi connectivity index (χ0) is 20.7. The van der Waals surface area contributed by atoms with Gasteiger partial charge in [-0.25, -0.2) is 0 Å². The van der Waals surface area contributed by atoms with E-state index in [1.54, 1.807) is 0 Å². The van der Waals surface area contributed by atoms with Crippen molar-refractivity contribution in [3.63, 3.8) is 0 Å². The number of benzene rings is 2. The Labute approximate surface area is 161 Å². The molecule has 0 aliphatic carbocycles. The van der Waals surface area contributed by atoms with Gasteiger partial charge in [-0.05, 0) is 54.3 Å². The number of hydrogen-bond acceptors (Lipinski definition) is 6. The van der Waals surface area contributed by atoms with Crippen molar-refractivity contribution in [3.05, 3.63) is 53.6 Å². The van der Waals surface area contributed by atoms with Crippen LogP contribution in [0.1, 0.15) is 36.4 Å². The molecule has 8 nitrogen and oxygen atoms in total. The van der Waals surface area contributed by atoms with Crippen LogP contribution in [0.3, 0.4) is 0 Å². The fourth-order valence-electron chi connectivity index (χ4n) is 2.57. The minimum absolute atomic E-state index is 0.0704. The highest BCUT2D eigenvalue weighted by atomic mass is 16.4. The van der Waals surface area contributed by atoms with Crippen molar-refractivity contribution < 1.29 is 35.1 Å². The highest BCUT2D eigenvalue weighted by Crippen LogP contribution is 2.30. The number of carboxylic acids is 1. The van der Waals surface area contributed by atoms with Crippen molar-refractivity contribution in [2.24, 2.45) is 0 Å². The normalized spacial score (nSPS) is 12.0. The second kappa shape index (κ2) is 9.31. The third-order valence-electron chi connectivity index (χ3n) is 4.03. The Bertz CT molecular complexity index is 892. The van der Waals surface area contributed by atoms with E-state index in [9.17, 15) is 30.0 Å². The first-order chi connectivity index (χ1) is 13.3. The number of carbonyl (C=O) groups excluding carboxylic acids is 1. The standard InChI is InChI=1S/C20H21NO7/c22-15-7-4-12(10-17(15)24)5-9-19(26)21-14(2-1-3-20(27)28)13-6-8-16(23)18(25)11-13/h4-11,14,22-25H,1-3H2,(H,21,26)(H,27,28)/t14-/m1/s1. The zero-order valence-corrected chi connectivity index (χ0v) is 14.9. The Hall–Kier alpha value is -3.68. The summed E-state index contributed by atoms with van der Waals surface area (Å²) in [5.74, 6) is -2.65. The number of nitrogens with one attached hydrogen (secondary N) is 1. The predicted molar refractivity (Wildman–Crippen MR) is 101 cm³/mol. The third kappa shape index (κ3) is 5.94. The van der Waals surface area contributed by atoms with Gasteiger partial charge < -0.3 is 30.8 Å². The molecule has 8 heteroatoms. The molecule has 0 saturated carbocycles. The summed E-state index contributed by atoms with van der Waals surface area (Å²) in [4.78, 5) is 23.0. The van der Waals surface area contributed by atoms with Crippen LogP contribution in [-0.4, -0.2) is 37.4 Å². The number of phenolic OH excluding ortho intramolecular Hbond substituents is 4. The van der Waals surface area contributed by atoms with Gasteiger partial charge >= 0.3 is 5.97 Å². The van der Waals surface area contributed by atoms with Gasteiger partial charge in [-0.2, -0.15) is 0 Å². The van der Waals surface area contributed by atoms with Crippen LogP contribution in [0.25, 0.3) is 6.08 Å². The molecule has 0 aliphatic heterocycles. The van der Waals surface area contributed by atoms with Gasteiger partial charge in [0.15, 0.2) is 23.0 Å². The Balaban J connectivity index is 2.11. The first kappa shape index (κ1) is 20.6. The fourth-order valence-corrected chi connectivity index (χ4v) is 2.57. The maximum absolute atomic E-state index is 12.3. The molecule has 1 amide bonds. The van der Waals surface area contributed by atoms with Crippen LogP contribution in [0.5, 0.6) is 23.0 Å². The molecule has 2 aromatic carbocycles. The van der Waals surface area contributed by atoms with Crippen LogP contribution >= 0.6 is 0 Å². The summed E-state index contributed by atoms with van der Waals surface area (Å²) in [5.41, 5.74) is 1.01. The number of carboxylic acid groups (broad SMARTS) is 1. The minimum atomic E-state index is -0.953. The van der Waals surface area contributed by atoms with Gasteiger partial charge in [-0.15, -0.1) is 0 Å². The van der Waals surface area contributed by atoms with Gasteiger partial charge in [0.2, 0.25) is 5.91 Å². The van der Waals surface area contributed by atoms with Gasteiger partial charge in [0.05, 0.1) is 6.04 Å². The quantitative estimate of drug-likeness (QED) is 0.301. The largest absolute Gasteiger partial charge is 0.504 e. The van der Waals surface area contributed by atoms with E-state index in [0.717, 1.165) is 0 Å². The van der Waals surface area contributed by atoms with E-state index in [4.69, 9.17) is 5.11 Å². The van der Waals surface area contributed by atoms with Gasteiger partial charge in [0, 0.05) is 12.5 Å². The molecule has 6 N–H and O–H groups in total. The Morgan fingerprint density at radius 1 is 0.929 bits per heavy atom. The molecule has 28 heavy (non-hydrogen) atoms. The summed E-state index contributed by atoms with van der Waals surface area (Å²) < 4.78 is 0.